The average molecular weight is 290 g/mol. The van der Waals surface area contributed by atoms with Gasteiger partial charge in [0, 0.05) is 6.04 Å². The second-order valence-corrected chi connectivity index (χ2v) is 7.22. The van der Waals surface area contributed by atoms with Crippen molar-refractivity contribution < 1.29 is 9.53 Å². The Balaban J connectivity index is 2.22. The fourth-order valence-electron chi connectivity index (χ4n) is 2.66. The minimum absolute atomic E-state index is 0.0312. The molecule has 0 bridgehead atoms. The van der Waals surface area contributed by atoms with Crippen molar-refractivity contribution in [1.82, 2.24) is 5.32 Å². The summed E-state index contributed by atoms with van der Waals surface area (Å²) >= 11 is 0. The molecule has 0 radical (unpaired) electrons. The quantitative estimate of drug-likeness (QED) is 0.897. The van der Waals surface area contributed by atoms with Crippen LogP contribution in [-0.4, -0.2) is 25.2 Å². The highest BCUT2D eigenvalue weighted by atomic mass is 16.5. The van der Waals surface area contributed by atoms with Crippen molar-refractivity contribution in [1.29, 1.82) is 0 Å². The van der Waals surface area contributed by atoms with Crippen molar-refractivity contribution in [3.63, 3.8) is 0 Å². The van der Waals surface area contributed by atoms with Gasteiger partial charge in [0.05, 0.1) is 24.7 Å². The first kappa shape index (κ1) is 16.0. The number of benzene rings is 1. The lowest BCUT2D eigenvalue weighted by Gasteiger charge is -2.35. The van der Waals surface area contributed by atoms with Crippen molar-refractivity contribution in [3.05, 3.63) is 35.9 Å². The molecule has 1 saturated heterocycles. The summed E-state index contributed by atoms with van der Waals surface area (Å²) in [7, 11) is 0. The zero-order valence-electron chi connectivity index (χ0n) is 13.3. The van der Waals surface area contributed by atoms with E-state index >= 15 is 0 Å². The zero-order valence-corrected chi connectivity index (χ0v) is 13.3. The van der Waals surface area contributed by atoms with Crippen molar-refractivity contribution in [2.24, 2.45) is 16.6 Å². The number of carbonyl (C=O) groups excluding carboxylic acids is 1. The summed E-state index contributed by atoms with van der Waals surface area (Å²) in [6.07, 6.45) is 0. The van der Waals surface area contributed by atoms with Crippen molar-refractivity contribution >= 4 is 5.91 Å². The molecule has 1 aromatic rings. The predicted octanol–water partition coefficient (Wildman–Crippen LogP) is 2.25. The summed E-state index contributed by atoms with van der Waals surface area (Å²) in [4.78, 5) is 12.7. The molecule has 3 N–H and O–H groups in total. The molecule has 4 nitrogen and oxygen atoms in total. The molecule has 3 atom stereocenters. The summed E-state index contributed by atoms with van der Waals surface area (Å²) in [5, 5.41) is 3.19. The summed E-state index contributed by atoms with van der Waals surface area (Å²) in [6, 6.07) is 9.74. The lowest BCUT2D eigenvalue weighted by atomic mass is 9.79. The molecule has 1 fully saturated rings. The highest BCUT2D eigenvalue weighted by Gasteiger charge is 2.45. The lowest BCUT2D eigenvalue weighted by Crippen LogP contribution is -2.52. The minimum atomic E-state index is -0.654. The van der Waals surface area contributed by atoms with E-state index in [2.05, 4.69) is 26.1 Å². The van der Waals surface area contributed by atoms with E-state index in [1.54, 1.807) is 0 Å². The fraction of sp³-hybridized carbons (Fsp3) is 0.588. The normalized spacial score (nSPS) is 27.4. The SMILES string of the molecule is CC(C)(C)C(NC(=O)C1(C)COCC1N)c1ccccc1. The highest BCUT2D eigenvalue weighted by Crippen LogP contribution is 2.35. The van der Waals surface area contributed by atoms with Gasteiger partial charge < -0.3 is 15.8 Å². The Hall–Kier alpha value is -1.39. The third-order valence-corrected chi connectivity index (χ3v) is 4.31. The molecular formula is C17H26N2O2. The topological polar surface area (TPSA) is 64.3 Å². The lowest BCUT2D eigenvalue weighted by molar-refractivity contribution is -0.132. The highest BCUT2D eigenvalue weighted by molar-refractivity contribution is 5.84. The van der Waals surface area contributed by atoms with Crippen LogP contribution in [0, 0.1) is 10.8 Å². The van der Waals surface area contributed by atoms with Gasteiger partial charge in [-0.3, -0.25) is 4.79 Å². The Bertz CT molecular complexity index is 495. The summed E-state index contributed by atoms with van der Waals surface area (Å²) in [5.74, 6) is -0.0312. The van der Waals surface area contributed by atoms with Crippen molar-refractivity contribution in [2.45, 2.75) is 39.8 Å². The number of ether oxygens (including phenoxy) is 1. The van der Waals surface area contributed by atoms with E-state index in [4.69, 9.17) is 10.5 Å². The molecule has 4 heteroatoms. The zero-order chi connectivity index (χ0) is 15.7. The van der Waals surface area contributed by atoms with Crippen LogP contribution in [0.1, 0.15) is 39.3 Å². The molecule has 1 aliphatic rings. The van der Waals surface area contributed by atoms with E-state index in [9.17, 15) is 4.79 Å². The van der Waals surface area contributed by atoms with Gasteiger partial charge in [-0.15, -0.1) is 0 Å². The number of nitrogens with one attached hydrogen (secondary N) is 1. The molecule has 1 amide bonds. The van der Waals surface area contributed by atoms with E-state index in [-0.39, 0.29) is 23.4 Å². The van der Waals surface area contributed by atoms with Gasteiger partial charge in [0.25, 0.3) is 0 Å². The van der Waals surface area contributed by atoms with Crippen LogP contribution in [0.15, 0.2) is 30.3 Å². The Kier molecular flexibility index (Phi) is 4.40. The van der Waals surface area contributed by atoms with E-state index in [1.165, 1.54) is 0 Å². The molecule has 116 valence electrons. The minimum Gasteiger partial charge on any atom is -0.379 e. The maximum absolute atomic E-state index is 12.7. The van der Waals surface area contributed by atoms with Crippen LogP contribution in [0.4, 0.5) is 0 Å². The first-order chi connectivity index (χ1) is 9.75. The van der Waals surface area contributed by atoms with E-state index in [1.807, 2.05) is 37.3 Å². The molecule has 1 aromatic carbocycles. The number of carbonyl (C=O) groups is 1. The van der Waals surface area contributed by atoms with Crippen LogP contribution in [0.3, 0.4) is 0 Å². The van der Waals surface area contributed by atoms with Crippen LogP contribution in [0.5, 0.6) is 0 Å². The first-order valence-corrected chi connectivity index (χ1v) is 7.44. The van der Waals surface area contributed by atoms with Gasteiger partial charge in [-0.1, -0.05) is 51.1 Å². The van der Waals surface area contributed by atoms with Crippen molar-refractivity contribution in [2.75, 3.05) is 13.2 Å². The summed E-state index contributed by atoms with van der Waals surface area (Å²) in [6.45, 7) is 9.07. The third-order valence-electron chi connectivity index (χ3n) is 4.31. The number of hydrogen-bond donors (Lipinski definition) is 2. The van der Waals surface area contributed by atoms with E-state index < -0.39 is 5.41 Å². The predicted molar refractivity (Wildman–Crippen MR) is 83.7 cm³/mol. The molecule has 0 aliphatic carbocycles. The second-order valence-electron chi connectivity index (χ2n) is 7.22. The van der Waals surface area contributed by atoms with Crippen LogP contribution in [-0.2, 0) is 9.53 Å². The molecule has 3 unspecified atom stereocenters. The van der Waals surface area contributed by atoms with Crippen LogP contribution in [0.2, 0.25) is 0 Å². The largest absolute Gasteiger partial charge is 0.379 e. The van der Waals surface area contributed by atoms with Gasteiger partial charge in [-0.25, -0.2) is 0 Å². The monoisotopic (exact) mass is 290 g/mol. The Morgan fingerprint density at radius 3 is 2.48 bits per heavy atom. The van der Waals surface area contributed by atoms with Gasteiger partial charge in [-0.05, 0) is 17.9 Å². The van der Waals surface area contributed by atoms with Gasteiger partial charge in [0.1, 0.15) is 0 Å². The Morgan fingerprint density at radius 1 is 1.38 bits per heavy atom. The molecule has 1 heterocycles. The molecule has 1 aliphatic heterocycles. The number of rotatable bonds is 3. The maximum Gasteiger partial charge on any atom is 0.230 e. The van der Waals surface area contributed by atoms with Crippen molar-refractivity contribution in [3.8, 4) is 0 Å². The average Bonchev–Trinajstić information content (AvgIpc) is 2.76. The van der Waals surface area contributed by atoms with Gasteiger partial charge in [-0.2, -0.15) is 0 Å². The molecule has 0 aromatic heterocycles. The molecule has 2 rings (SSSR count). The molecule has 0 saturated carbocycles. The second kappa shape index (κ2) is 5.78. The summed E-state index contributed by atoms with van der Waals surface area (Å²) < 4.78 is 5.38. The van der Waals surface area contributed by atoms with Crippen LogP contribution < -0.4 is 11.1 Å². The Morgan fingerprint density at radius 2 is 2.00 bits per heavy atom. The van der Waals surface area contributed by atoms with Gasteiger partial charge in [0.2, 0.25) is 5.91 Å². The number of nitrogens with two attached hydrogens (primary N) is 1. The van der Waals surface area contributed by atoms with E-state index in [0.29, 0.717) is 13.2 Å². The number of amides is 1. The maximum atomic E-state index is 12.7. The fourth-order valence-corrected chi connectivity index (χ4v) is 2.66. The van der Waals surface area contributed by atoms with Crippen LogP contribution in [0.25, 0.3) is 0 Å². The molecule has 21 heavy (non-hydrogen) atoms. The molecular weight excluding hydrogens is 264 g/mol. The summed E-state index contributed by atoms with van der Waals surface area (Å²) in [5.41, 5.74) is 6.42. The standard InChI is InChI=1S/C17H26N2O2/c1-16(2,3)14(12-8-6-5-7-9-12)19-15(20)17(4)11-21-10-13(17)18/h5-9,13-14H,10-11,18H2,1-4H3,(H,19,20). The third kappa shape index (κ3) is 3.27. The van der Waals surface area contributed by atoms with Gasteiger partial charge in [0.15, 0.2) is 0 Å². The van der Waals surface area contributed by atoms with Crippen LogP contribution >= 0.6 is 0 Å². The van der Waals surface area contributed by atoms with Gasteiger partial charge >= 0.3 is 0 Å². The molecule has 0 spiro atoms. The Labute approximate surface area is 127 Å². The first-order valence-electron chi connectivity index (χ1n) is 7.44. The van der Waals surface area contributed by atoms with E-state index in [0.717, 1.165) is 5.56 Å². The number of hydrogen-bond acceptors (Lipinski definition) is 3. The smallest absolute Gasteiger partial charge is 0.230 e.